The van der Waals surface area contributed by atoms with E-state index in [2.05, 4.69) is 4.74 Å². The fourth-order valence-electron chi connectivity index (χ4n) is 2.44. The summed E-state index contributed by atoms with van der Waals surface area (Å²) in [6.07, 6.45) is 0.709. The lowest BCUT2D eigenvalue weighted by Gasteiger charge is -2.22. The van der Waals surface area contributed by atoms with Gasteiger partial charge in [0.15, 0.2) is 0 Å². The van der Waals surface area contributed by atoms with Crippen molar-refractivity contribution in [3.8, 4) is 0 Å². The minimum atomic E-state index is -3.71. The zero-order valence-corrected chi connectivity index (χ0v) is 15.3. The van der Waals surface area contributed by atoms with E-state index in [1.165, 1.54) is 29.6 Å². The molecule has 1 unspecified atom stereocenters. The largest absolute Gasteiger partial charge is 0.465 e. The van der Waals surface area contributed by atoms with Crippen LogP contribution in [0.3, 0.4) is 0 Å². The van der Waals surface area contributed by atoms with E-state index in [1.54, 1.807) is 0 Å². The van der Waals surface area contributed by atoms with Gasteiger partial charge in [-0.2, -0.15) is 4.31 Å². The van der Waals surface area contributed by atoms with Crippen LogP contribution in [-0.2, 0) is 14.8 Å². The number of nitrogens with two attached hydrogens (primary N) is 1. The maximum atomic E-state index is 12.7. The average molecular weight is 383 g/mol. The SMILES string of the molecule is COC(=O)c1ccc(S(=O)(=O)N2CCC(C)(CN)C2)c(Cl)c1.Cl. The van der Waals surface area contributed by atoms with Gasteiger partial charge in [0, 0.05) is 13.1 Å². The molecule has 1 aromatic carbocycles. The van der Waals surface area contributed by atoms with Gasteiger partial charge in [-0.15, -0.1) is 12.4 Å². The van der Waals surface area contributed by atoms with E-state index < -0.39 is 16.0 Å². The molecule has 1 aromatic rings. The Morgan fingerprint density at radius 1 is 1.48 bits per heavy atom. The summed E-state index contributed by atoms with van der Waals surface area (Å²) in [5.41, 5.74) is 5.70. The van der Waals surface area contributed by atoms with Gasteiger partial charge in [-0.3, -0.25) is 0 Å². The number of hydrogen-bond donors (Lipinski definition) is 1. The molecule has 0 radical (unpaired) electrons. The minimum absolute atomic E-state index is 0. The maximum Gasteiger partial charge on any atom is 0.337 e. The molecule has 130 valence electrons. The molecule has 1 atom stereocenters. The monoisotopic (exact) mass is 382 g/mol. The standard InChI is InChI=1S/C14H19ClN2O4S.ClH/c1-14(8-16)5-6-17(9-14)22(19,20)12-4-3-10(7-11(12)15)13(18)21-2;/h3-4,7H,5-6,8-9,16H2,1-2H3;1H. The lowest BCUT2D eigenvalue weighted by molar-refractivity contribution is 0.0600. The normalized spacial score (nSPS) is 21.7. The van der Waals surface area contributed by atoms with E-state index in [1.807, 2.05) is 6.92 Å². The number of carbonyl (C=O) groups excluding carboxylic acids is 1. The zero-order chi connectivity index (χ0) is 16.5. The second-order valence-electron chi connectivity index (χ2n) is 5.74. The number of halogens is 2. The summed E-state index contributed by atoms with van der Waals surface area (Å²) in [5.74, 6) is -0.567. The van der Waals surface area contributed by atoms with Gasteiger partial charge in [0.2, 0.25) is 10.0 Å². The van der Waals surface area contributed by atoms with Crippen molar-refractivity contribution in [2.24, 2.45) is 11.1 Å². The lowest BCUT2D eigenvalue weighted by atomic mass is 9.90. The van der Waals surface area contributed by atoms with Crippen molar-refractivity contribution in [1.29, 1.82) is 0 Å². The van der Waals surface area contributed by atoms with E-state index in [4.69, 9.17) is 17.3 Å². The Bertz CT molecular complexity index is 696. The highest BCUT2D eigenvalue weighted by atomic mass is 35.5. The predicted octanol–water partition coefficient (Wildman–Crippen LogP) is 1.91. The summed E-state index contributed by atoms with van der Waals surface area (Å²) in [7, 11) is -2.46. The highest BCUT2D eigenvalue weighted by molar-refractivity contribution is 7.89. The Kier molecular flexibility index (Phi) is 6.46. The first-order valence-electron chi connectivity index (χ1n) is 6.81. The van der Waals surface area contributed by atoms with Crippen molar-refractivity contribution < 1.29 is 17.9 Å². The molecule has 2 N–H and O–H groups in total. The van der Waals surface area contributed by atoms with Crippen LogP contribution in [-0.4, -0.2) is 45.4 Å². The van der Waals surface area contributed by atoms with E-state index in [-0.39, 0.29) is 33.3 Å². The first-order valence-corrected chi connectivity index (χ1v) is 8.63. The van der Waals surface area contributed by atoms with Crippen LogP contribution in [0.1, 0.15) is 23.7 Å². The molecule has 2 rings (SSSR count). The van der Waals surface area contributed by atoms with Crippen LogP contribution < -0.4 is 5.73 Å². The van der Waals surface area contributed by atoms with Gasteiger partial charge in [0.1, 0.15) is 4.90 Å². The molecule has 0 amide bonds. The number of ether oxygens (including phenoxy) is 1. The van der Waals surface area contributed by atoms with Crippen molar-refractivity contribution >= 4 is 40.0 Å². The van der Waals surface area contributed by atoms with Gasteiger partial charge in [-0.05, 0) is 36.6 Å². The Balaban J connectivity index is 0.00000264. The Morgan fingerprint density at radius 2 is 2.13 bits per heavy atom. The summed E-state index contributed by atoms with van der Waals surface area (Å²) < 4.78 is 31.4. The van der Waals surface area contributed by atoms with E-state index >= 15 is 0 Å². The molecule has 0 bridgehead atoms. The molecule has 0 spiro atoms. The summed E-state index contributed by atoms with van der Waals surface area (Å²) in [5, 5.41) is 0.00394. The number of methoxy groups -OCH3 is 1. The number of sulfonamides is 1. The summed E-state index contributed by atoms with van der Waals surface area (Å²) in [6, 6.07) is 4.03. The van der Waals surface area contributed by atoms with Crippen molar-refractivity contribution in [1.82, 2.24) is 4.31 Å². The molecule has 6 nitrogen and oxygen atoms in total. The molecule has 0 aliphatic carbocycles. The van der Waals surface area contributed by atoms with Gasteiger partial charge < -0.3 is 10.5 Å². The fourth-order valence-corrected chi connectivity index (χ4v) is 4.55. The molecule has 1 heterocycles. The lowest BCUT2D eigenvalue weighted by Crippen LogP contribution is -2.34. The summed E-state index contributed by atoms with van der Waals surface area (Å²) in [4.78, 5) is 11.4. The molecule has 0 aromatic heterocycles. The number of carbonyl (C=O) groups is 1. The third-order valence-corrected chi connectivity index (χ3v) is 6.31. The van der Waals surface area contributed by atoms with Gasteiger partial charge in [-0.1, -0.05) is 18.5 Å². The van der Waals surface area contributed by atoms with Crippen LogP contribution in [0.4, 0.5) is 0 Å². The highest BCUT2D eigenvalue weighted by Gasteiger charge is 2.39. The van der Waals surface area contributed by atoms with Gasteiger partial charge in [-0.25, -0.2) is 13.2 Å². The molecule has 1 aliphatic heterocycles. The molecule has 1 fully saturated rings. The first kappa shape index (κ1) is 20.2. The quantitative estimate of drug-likeness (QED) is 0.803. The van der Waals surface area contributed by atoms with Crippen LogP contribution in [0.2, 0.25) is 5.02 Å². The van der Waals surface area contributed by atoms with Crippen LogP contribution >= 0.6 is 24.0 Å². The maximum absolute atomic E-state index is 12.7. The van der Waals surface area contributed by atoms with Crippen molar-refractivity contribution in [3.05, 3.63) is 28.8 Å². The molecule has 9 heteroatoms. The molecule has 23 heavy (non-hydrogen) atoms. The van der Waals surface area contributed by atoms with Crippen molar-refractivity contribution in [3.63, 3.8) is 0 Å². The number of esters is 1. The topological polar surface area (TPSA) is 89.7 Å². The molecule has 0 saturated carbocycles. The van der Waals surface area contributed by atoms with Gasteiger partial charge in [0.05, 0.1) is 17.7 Å². The van der Waals surface area contributed by atoms with Crippen LogP contribution in [0.25, 0.3) is 0 Å². The Labute approximate surface area is 147 Å². The minimum Gasteiger partial charge on any atom is -0.465 e. The number of hydrogen-bond acceptors (Lipinski definition) is 5. The number of benzene rings is 1. The van der Waals surface area contributed by atoms with Crippen LogP contribution in [0, 0.1) is 5.41 Å². The second-order valence-corrected chi connectivity index (χ2v) is 8.05. The van der Waals surface area contributed by atoms with E-state index in [0.717, 1.165) is 0 Å². The van der Waals surface area contributed by atoms with E-state index in [9.17, 15) is 13.2 Å². The van der Waals surface area contributed by atoms with Gasteiger partial charge >= 0.3 is 5.97 Å². The van der Waals surface area contributed by atoms with E-state index in [0.29, 0.717) is 26.1 Å². The van der Waals surface area contributed by atoms with Crippen molar-refractivity contribution in [2.45, 2.75) is 18.2 Å². The van der Waals surface area contributed by atoms with Crippen LogP contribution in [0.5, 0.6) is 0 Å². The van der Waals surface area contributed by atoms with Crippen molar-refractivity contribution in [2.75, 3.05) is 26.7 Å². The second kappa shape index (κ2) is 7.36. The average Bonchev–Trinajstić information content (AvgIpc) is 2.90. The molecule has 1 aliphatic rings. The summed E-state index contributed by atoms with van der Waals surface area (Å²) >= 11 is 6.06. The highest BCUT2D eigenvalue weighted by Crippen LogP contribution is 2.34. The summed E-state index contributed by atoms with van der Waals surface area (Å²) in [6.45, 7) is 3.16. The van der Waals surface area contributed by atoms with Crippen LogP contribution in [0.15, 0.2) is 23.1 Å². The molecule has 1 saturated heterocycles. The zero-order valence-electron chi connectivity index (χ0n) is 12.9. The van der Waals surface area contributed by atoms with Gasteiger partial charge in [0.25, 0.3) is 0 Å². The smallest absolute Gasteiger partial charge is 0.337 e. The Hall–Kier alpha value is -0.860. The molecular weight excluding hydrogens is 363 g/mol. The predicted molar refractivity (Wildman–Crippen MR) is 90.6 cm³/mol. The Morgan fingerprint density at radius 3 is 2.61 bits per heavy atom. The fraction of sp³-hybridized carbons (Fsp3) is 0.500. The third kappa shape index (κ3) is 3.97. The third-order valence-electron chi connectivity index (χ3n) is 3.99. The molecular formula is C14H20Cl2N2O4S. The number of nitrogens with zero attached hydrogens (tertiary/aromatic N) is 1. The first-order chi connectivity index (χ1) is 10.2. The number of rotatable bonds is 4.